The maximum atomic E-state index is 12.5. The Morgan fingerprint density at radius 1 is 0.389 bits per heavy atom. The lowest BCUT2D eigenvalue weighted by Gasteiger charge is -2.34. The first-order chi connectivity index (χ1) is 16.8. The lowest BCUT2D eigenvalue weighted by atomic mass is 10.3. The van der Waals surface area contributed by atoms with Crippen LogP contribution in [0, 0.1) is 0 Å². The number of hydrogen-bond acceptors (Lipinski definition) is 8. The number of nitrogens with zero attached hydrogens (tertiary/aromatic N) is 8. The summed E-state index contributed by atoms with van der Waals surface area (Å²) in [5.74, 6) is 0.0641. The van der Waals surface area contributed by atoms with Crippen LogP contribution in [0.3, 0.4) is 0 Å². The van der Waals surface area contributed by atoms with Crippen LogP contribution >= 0.6 is 0 Å². The first kappa shape index (κ1) is 31.7. The van der Waals surface area contributed by atoms with Gasteiger partial charge in [-0.3, -0.25) is 38.8 Å². The summed E-state index contributed by atoms with van der Waals surface area (Å²) >= 11 is 0. The average Bonchev–Trinajstić information content (AvgIpc) is 2.79. The molecule has 1 fully saturated rings. The molecule has 1 rings (SSSR count). The Bertz CT molecular complexity index is 593. The van der Waals surface area contributed by atoms with Gasteiger partial charge in [-0.1, -0.05) is 0 Å². The van der Waals surface area contributed by atoms with Crippen molar-refractivity contribution in [1.82, 2.24) is 39.2 Å². The zero-order chi connectivity index (χ0) is 27.4. The van der Waals surface area contributed by atoms with Crippen LogP contribution in [0.1, 0.15) is 0 Å². The minimum atomic E-state index is 0.0160. The fourth-order valence-electron chi connectivity index (χ4n) is 3.54. The van der Waals surface area contributed by atoms with Crippen LogP contribution in [0.25, 0.3) is 0 Å². The second kappa shape index (κ2) is 15.7. The van der Waals surface area contributed by atoms with Crippen molar-refractivity contribution >= 4 is 23.6 Å². The molecular formula is C24H48N8O4. The van der Waals surface area contributed by atoms with Crippen LogP contribution in [0.15, 0.2) is 0 Å². The minimum Gasteiger partial charge on any atom is -0.348 e. The Hall–Kier alpha value is -2.28. The van der Waals surface area contributed by atoms with Gasteiger partial charge in [0.15, 0.2) is 0 Å². The van der Waals surface area contributed by atoms with Gasteiger partial charge < -0.3 is 19.6 Å². The Balaban J connectivity index is 3.12. The van der Waals surface area contributed by atoms with Crippen LogP contribution in [0.5, 0.6) is 0 Å². The molecule has 1 saturated heterocycles. The highest BCUT2D eigenvalue weighted by molar-refractivity contribution is 5.79. The topological polar surface area (TPSA) is 94.2 Å². The molecule has 0 saturated carbocycles. The summed E-state index contributed by atoms with van der Waals surface area (Å²) in [6.45, 7) is 6.06. The molecule has 0 unspecified atom stereocenters. The molecule has 0 spiro atoms. The van der Waals surface area contributed by atoms with Crippen LogP contribution in [-0.2, 0) is 19.2 Å². The third kappa shape index (κ3) is 12.1. The van der Waals surface area contributed by atoms with E-state index in [-0.39, 0.29) is 49.8 Å². The van der Waals surface area contributed by atoms with E-state index in [9.17, 15) is 19.2 Å². The van der Waals surface area contributed by atoms with Gasteiger partial charge in [0.1, 0.15) is 0 Å². The Morgan fingerprint density at radius 2 is 0.528 bits per heavy atom. The third-order valence-electron chi connectivity index (χ3n) is 6.36. The number of rotatable bonds is 8. The zero-order valence-electron chi connectivity index (χ0n) is 23.7. The number of carbonyl (C=O) groups is 4. The van der Waals surface area contributed by atoms with Gasteiger partial charge in [0.05, 0.1) is 26.2 Å². The molecule has 0 aromatic heterocycles. The SMILES string of the molecule is CN(C)C(=O)CN1CCN(CC(=O)N(C)C)CCN(CC(=O)N(C)C)CCN(CC(=O)N(C)C)CC1. The van der Waals surface area contributed by atoms with Gasteiger partial charge in [0.2, 0.25) is 23.6 Å². The molecule has 208 valence electrons. The van der Waals surface area contributed by atoms with E-state index < -0.39 is 0 Å². The Kier molecular flexibility index (Phi) is 13.9. The normalized spacial score (nSPS) is 17.6. The molecule has 0 aliphatic carbocycles. The molecule has 0 aromatic rings. The van der Waals surface area contributed by atoms with E-state index in [1.807, 2.05) is 0 Å². The highest BCUT2D eigenvalue weighted by atomic mass is 16.2. The quantitative estimate of drug-likeness (QED) is 0.354. The van der Waals surface area contributed by atoms with Crippen LogP contribution in [0.4, 0.5) is 0 Å². The van der Waals surface area contributed by atoms with Crippen molar-refractivity contribution < 1.29 is 19.2 Å². The number of amides is 4. The van der Waals surface area contributed by atoms with Crippen molar-refractivity contribution in [3.05, 3.63) is 0 Å². The first-order valence-corrected chi connectivity index (χ1v) is 12.5. The van der Waals surface area contributed by atoms with E-state index in [2.05, 4.69) is 19.6 Å². The molecule has 0 atom stereocenters. The molecule has 0 N–H and O–H groups in total. The van der Waals surface area contributed by atoms with Crippen molar-refractivity contribution in [3.63, 3.8) is 0 Å². The van der Waals surface area contributed by atoms with Crippen LogP contribution in [0.2, 0.25) is 0 Å². The molecule has 1 heterocycles. The zero-order valence-corrected chi connectivity index (χ0v) is 23.7. The predicted molar refractivity (Wildman–Crippen MR) is 141 cm³/mol. The standard InChI is InChI=1S/C24H48N8O4/c1-25(2)21(33)17-29-9-11-30(18-22(34)26(3)4)13-15-32(20-24(36)28(7)8)16-14-31(12-10-29)19-23(35)27(5)6/h9-20H2,1-8H3. The van der Waals surface area contributed by atoms with Gasteiger partial charge in [-0.2, -0.15) is 0 Å². The number of hydrogen-bond donors (Lipinski definition) is 0. The van der Waals surface area contributed by atoms with E-state index in [1.54, 1.807) is 76.0 Å². The molecule has 1 aliphatic rings. The van der Waals surface area contributed by atoms with Gasteiger partial charge in [0, 0.05) is 109 Å². The molecule has 4 amide bonds. The van der Waals surface area contributed by atoms with Crippen molar-refractivity contribution in [2.45, 2.75) is 0 Å². The van der Waals surface area contributed by atoms with Crippen LogP contribution in [-0.4, -0.2) is 198 Å². The molecule has 36 heavy (non-hydrogen) atoms. The fraction of sp³-hybridized carbons (Fsp3) is 0.833. The molecule has 0 aromatic carbocycles. The maximum Gasteiger partial charge on any atom is 0.236 e. The summed E-state index contributed by atoms with van der Waals surface area (Å²) in [5.41, 5.74) is 0. The van der Waals surface area contributed by atoms with Gasteiger partial charge >= 0.3 is 0 Å². The highest BCUT2D eigenvalue weighted by Crippen LogP contribution is 2.03. The number of carbonyl (C=O) groups excluding carboxylic acids is 4. The third-order valence-corrected chi connectivity index (χ3v) is 6.36. The van der Waals surface area contributed by atoms with E-state index in [0.29, 0.717) is 52.4 Å². The summed E-state index contributed by atoms with van der Waals surface area (Å²) in [7, 11) is 13.9. The van der Waals surface area contributed by atoms with Gasteiger partial charge in [-0.25, -0.2) is 0 Å². The second-order valence-corrected chi connectivity index (χ2v) is 10.3. The van der Waals surface area contributed by atoms with Crippen molar-refractivity contribution in [1.29, 1.82) is 0 Å². The van der Waals surface area contributed by atoms with Crippen LogP contribution < -0.4 is 0 Å². The number of likely N-dealkylation sites (N-methyl/N-ethyl adjacent to an activating group) is 4. The van der Waals surface area contributed by atoms with Gasteiger partial charge in [-0.15, -0.1) is 0 Å². The largest absolute Gasteiger partial charge is 0.348 e. The summed E-state index contributed by atoms with van der Waals surface area (Å²) in [4.78, 5) is 64.6. The lowest BCUT2D eigenvalue weighted by Crippen LogP contribution is -2.51. The van der Waals surface area contributed by atoms with Crippen molar-refractivity contribution in [3.8, 4) is 0 Å². The molecular weight excluding hydrogens is 464 g/mol. The molecule has 0 bridgehead atoms. The van der Waals surface area contributed by atoms with E-state index in [0.717, 1.165) is 0 Å². The minimum absolute atomic E-state index is 0.0160. The lowest BCUT2D eigenvalue weighted by molar-refractivity contribution is -0.132. The maximum absolute atomic E-state index is 12.5. The first-order valence-electron chi connectivity index (χ1n) is 12.5. The fourth-order valence-corrected chi connectivity index (χ4v) is 3.54. The summed E-state index contributed by atoms with van der Waals surface area (Å²) in [6.07, 6.45) is 0. The molecule has 1 aliphatic heterocycles. The smallest absolute Gasteiger partial charge is 0.236 e. The monoisotopic (exact) mass is 512 g/mol. The van der Waals surface area contributed by atoms with Crippen molar-refractivity contribution in [2.75, 3.05) is 135 Å². The average molecular weight is 513 g/mol. The Labute approximate surface area is 217 Å². The molecule has 12 nitrogen and oxygen atoms in total. The van der Waals surface area contributed by atoms with E-state index in [4.69, 9.17) is 0 Å². The second-order valence-electron chi connectivity index (χ2n) is 10.3. The van der Waals surface area contributed by atoms with E-state index >= 15 is 0 Å². The molecule has 0 radical (unpaired) electrons. The summed E-state index contributed by atoms with van der Waals surface area (Å²) in [5, 5.41) is 0. The van der Waals surface area contributed by atoms with Crippen molar-refractivity contribution in [2.24, 2.45) is 0 Å². The summed E-state index contributed by atoms with van der Waals surface area (Å²) in [6, 6.07) is 0. The Morgan fingerprint density at radius 3 is 0.639 bits per heavy atom. The molecule has 12 heteroatoms. The van der Waals surface area contributed by atoms with Gasteiger partial charge in [-0.05, 0) is 0 Å². The highest BCUT2D eigenvalue weighted by Gasteiger charge is 2.22. The summed E-state index contributed by atoms with van der Waals surface area (Å²) < 4.78 is 0. The van der Waals surface area contributed by atoms with Gasteiger partial charge in [0.25, 0.3) is 0 Å². The predicted octanol–water partition coefficient (Wildman–Crippen LogP) is -2.44. The van der Waals surface area contributed by atoms with E-state index in [1.165, 1.54) is 0 Å².